The molecule has 2 rings (SSSR count). The number of carbonyl (C=O) groups excluding carboxylic acids is 1. The zero-order valence-electron chi connectivity index (χ0n) is 12.5. The Bertz CT molecular complexity index is 622. The molecule has 0 aliphatic rings. The lowest BCUT2D eigenvalue weighted by Gasteiger charge is -2.02. The largest absolute Gasteiger partial charge is 0.382 e. The summed E-state index contributed by atoms with van der Waals surface area (Å²) in [5.41, 5.74) is 0.990. The van der Waals surface area contributed by atoms with Crippen molar-refractivity contribution in [2.45, 2.75) is 10.1 Å². The first-order valence-electron chi connectivity index (χ1n) is 6.74. The van der Waals surface area contributed by atoms with Crippen LogP contribution in [0.15, 0.2) is 28.6 Å². The Hall–Kier alpha value is -1.55. The number of nitrogens with one attached hydrogen (secondary N) is 1. The first-order chi connectivity index (χ1) is 11.2. The van der Waals surface area contributed by atoms with Gasteiger partial charge in [-0.15, -0.1) is 10.2 Å². The fourth-order valence-electron chi connectivity index (χ4n) is 1.51. The lowest BCUT2D eigenvalue weighted by molar-refractivity contribution is -0.121. The summed E-state index contributed by atoms with van der Waals surface area (Å²) < 4.78 is 23.5. The molecular weight excluding hydrogens is 341 g/mol. The van der Waals surface area contributed by atoms with E-state index in [4.69, 9.17) is 9.47 Å². The molecule has 0 spiro atoms. The maximum atomic E-state index is 12.8. The second kappa shape index (κ2) is 9.56. The number of aromatic nitrogens is 2. The fourth-order valence-corrected chi connectivity index (χ4v) is 3.23. The number of amides is 1. The van der Waals surface area contributed by atoms with Crippen LogP contribution in [0.5, 0.6) is 0 Å². The molecule has 0 saturated heterocycles. The van der Waals surface area contributed by atoms with Crippen molar-refractivity contribution in [2.24, 2.45) is 0 Å². The number of halogens is 1. The van der Waals surface area contributed by atoms with Gasteiger partial charge >= 0.3 is 0 Å². The van der Waals surface area contributed by atoms with Crippen molar-refractivity contribution >= 4 is 34.1 Å². The summed E-state index contributed by atoms with van der Waals surface area (Å²) in [6, 6.07) is 6.29. The molecule has 0 fully saturated rings. The zero-order chi connectivity index (χ0) is 16.5. The molecule has 0 aliphatic carbocycles. The number of benzene rings is 1. The number of nitrogens with zero attached hydrogens (tertiary/aromatic N) is 2. The quantitative estimate of drug-likeness (QED) is 0.422. The molecule has 0 radical (unpaired) electrons. The summed E-state index contributed by atoms with van der Waals surface area (Å²) in [6.07, 6.45) is 0. The van der Waals surface area contributed by atoms with Crippen LogP contribution in [0.1, 0.15) is 5.56 Å². The van der Waals surface area contributed by atoms with Gasteiger partial charge < -0.3 is 9.47 Å². The van der Waals surface area contributed by atoms with Crippen molar-refractivity contribution in [3.05, 3.63) is 35.6 Å². The lowest BCUT2D eigenvalue weighted by atomic mass is 10.2. The molecule has 0 atom stereocenters. The highest BCUT2D eigenvalue weighted by Gasteiger charge is 2.09. The van der Waals surface area contributed by atoms with E-state index in [1.54, 1.807) is 19.2 Å². The van der Waals surface area contributed by atoms with Crippen LogP contribution in [-0.2, 0) is 20.0 Å². The second-order valence-corrected chi connectivity index (χ2v) is 6.58. The first kappa shape index (κ1) is 17.8. The minimum absolute atomic E-state index is 0.0546. The number of hydrogen-bond acceptors (Lipinski definition) is 7. The van der Waals surface area contributed by atoms with Crippen LogP contribution in [0.3, 0.4) is 0 Å². The summed E-state index contributed by atoms with van der Waals surface area (Å²) in [6.45, 7) is 0.746. The van der Waals surface area contributed by atoms with Crippen molar-refractivity contribution in [2.75, 3.05) is 32.2 Å². The molecule has 1 N–H and O–H groups in total. The van der Waals surface area contributed by atoms with Gasteiger partial charge in [-0.1, -0.05) is 35.2 Å². The summed E-state index contributed by atoms with van der Waals surface area (Å²) in [7, 11) is 1.57. The fraction of sp³-hybridized carbons (Fsp3) is 0.357. The highest BCUT2D eigenvalue weighted by atomic mass is 32.2. The minimum atomic E-state index is -0.285. The maximum absolute atomic E-state index is 12.8. The van der Waals surface area contributed by atoms with Crippen LogP contribution in [-0.4, -0.2) is 43.0 Å². The number of ether oxygens (including phenoxy) is 2. The molecular formula is C14H16FN3O3S2. The molecule has 1 amide bonds. The monoisotopic (exact) mass is 357 g/mol. The van der Waals surface area contributed by atoms with Gasteiger partial charge in [-0.05, 0) is 17.7 Å². The summed E-state index contributed by atoms with van der Waals surface area (Å²) >= 11 is 2.76. The van der Waals surface area contributed by atoms with E-state index in [2.05, 4.69) is 15.5 Å². The van der Waals surface area contributed by atoms with Gasteiger partial charge in [0.1, 0.15) is 12.4 Å². The van der Waals surface area contributed by atoms with E-state index in [0.717, 1.165) is 9.90 Å². The third-order valence-electron chi connectivity index (χ3n) is 2.59. The molecule has 23 heavy (non-hydrogen) atoms. The van der Waals surface area contributed by atoms with Crippen LogP contribution in [0.2, 0.25) is 0 Å². The van der Waals surface area contributed by atoms with E-state index in [1.165, 1.54) is 35.2 Å². The Morgan fingerprint density at radius 3 is 2.83 bits per heavy atom. The van der Waals surface area contributed by atoms with Gasteiger partial charge in [0.25, 0.3) is 5.91 Å². The van der Waals surface area contributed by atoms with Gasteiger partial charge in [-0.2, -0.15) is 0 Å². The highest BCUT2D eigenvalue weighted by Crippen LogP contribution is 2.28. The van der Waals surface area contributed by atoms with Crippen molar-refractivity contribution < 1.29 is 18.7 Å². The van der Waals surface area contributed by atoms with Crippen molar-refractivity contribution in [1.29, 1.82) is 0 Å². The average molecular weight is 357 g/mol. The van der Waals surface area contributed by atoms with E-state index in [0.29, 0.717) is 24.1 Å². The van der Waals surface area contributed by atoms with Crippen molar-refractivity contribution in [3.8, 4) is 0 Å². The third-order valence-corrected chi connectivity index (χ3v) is 4.64. The van der Waals surface area contributed by atoms with Crippen molar-refractivity contribution in [1.82, 2.24) is 10.2 Å². The topological polar surface area (TPSA) is 73.3 Å². The van der Waals surface area contributed by atoms with Crippen LogP contribution >= 0.6 is 23.1 Å². The third kappa shape index (κ3) is 6.61. The molecule has 1 heterocycles. The SMILES string of the molecule is COCCOCC(=O)Nc1nnc(SCc2ccc(F)cc2)s1. The standard InChI is InChI=1S/C14H16FN3O3S2/c1-20-6-7-21-8-12(19)16-13-17-18-14(23-13)22-9-10-2-4-11(15)5-3-10/h2-5H,6-9H2,1H3,(H,16,17,19). The maximum Gasteiger partial charge on any atom is 0.252 e. The molecule has 0 saturated carbocycles. The molecule has 9 heteroatoms. The Morgan fingerprint density at radius 1 is 1.30 bits per heavy atom. The molecule has 0 unspecified atom stereocenters. The normalized spacial score (nSPS) is 10.7. The van der Waals surface area contributed by atoms with E-state index in [1.807, 2.05) is 0 Å². The highest BCUT2D eigenvalue weighted by molar-refractivity contribution is 8.00. The van der Waals surface area contributed by atoms with Gasteiger partial charge in [0.05, 0.1) is 13.2 Å². The number of carbonyl (C=O) groups is 1. The van der Waals surface area contributed by atoms with Crippen molar-refractivity contribution in [3.63, 3.8) is 0 Å². The molecule has 1 aromatic heterocycles. The van der Waals surface area contributed by atoms with Gasteiger partial charge in [-0.3, -0.25) is 10.1 Å². The van der Waals surface area contributed by atoms with Gasteiger partial charge in [0.15, 0.2) is 4.34 Å². The Balaban J connectivity index is 1.74. The number of rotatable bonds is 9. The predicted octanol–water partition coefficient (Wildman–Crippen LogP) is 2.57. The Morgan fingerprint density at radius 2 is 2.09 bits per heavy atom. The second-order valence-electron chi connectivity index (χ2n) is 4.38. The molecule has 0 bridgehead atoms. The first-order valence-corrected chi connectivity index (χ1v) is 8.55. The molecule has 2 aromatic rings. The molecule has 0 aliphatic heterocycles. The van der Waals surface area contributed by atoms with Crippen LogP contribution in [0.4, 0.5) is 9.52 Å². The smallest absolute Gasteiger partial charge is 0.252 e. The zero-order valence-corrected chi connectivity index (χ0v) is 14.1. The van der Waals surface area contributed by atoms with E-state index in [9.17, 15) is 9.18 Å². The summed E-state index contributed by atoms with van der Waals surface area (Å²) in [5.74, 6) is 0.114. The molecule has 6 nitrogen and oxygen atoms in total. The minimum Gasteiger partial charge on any atom is -0.382 e. The van der Waals surface area contributed by atoms with Crippen LogP contribution < -0.4 is 5.32 Å². The van der Waals surface area contributed by atoms with E-state index >= 15 is 0 Å². The average Bonchev–Trinajstić information content (AvgIpc) is 2.98. The Labute approximate surface area is 141 Å². The number of thioether (sulfide) groups is 1. The number of methoxy groups -OCH3 is 1. The number of anilines is 1. The lowest BCUT2D eigenvalue weighted by Crippen LogP contribution is -2.19. The van der Waals surface area contributed by atoms with Gasteiger partial charge in [0, 0.05) is 12.9 Å². The summed E-state index contributed by atoms with van der Waals surface area (Å²) in [4.78, 5) is 11.6. The predicted molar refractivity (Wildman–Crippen MR) is 87.2 cm³/mol. The molecule has 1 aromatic carbocycles. The van der Waals surface area contributed by atoms with Gasteiger partial charge in [-0.25, -0.2) is 4.39 Å². The van der Waals surface area contributed by atoms with E-state index < -0.39 is 0 Å². The van der Waals surface area contributed by atoms with E-state index in [-0.39, 0.29) is 18.3 Å². The summed E-state index contributed by atoms with van der Waals surface area (Å²) in [5, 5.41) is 10.9. The van der Waals surface area contributed by atoms with Crippen LogP contribution in [0, 0.1) is 5.82 Å². The Kier molecular flexibility index (Phi) is 7.40. The molecule has 124 valence electrons. The van der Waals surface area contributed by atoms with Gasteiger partial charge in [0.2, 0.25) is 5.13 Å². The number of hydrogen-bond donors (Lipinski definition) is 1. The van der Waals surface area contributed by atoms with Crippen LogP contribution in [0.25, 0.3) is 0 Å².